The first kappa shape index (κ1) is 8.37. The van der Waals surface area contributed by atoms with E-state index in [1.807, 2.05) is 11.8 Å². The Morgan fingerprint density at radius 2 is 2.30 bits per heavy atom. The molecule has 1 heterocycles. The molecular weight excluding hydrogens is 146 g/mol. The summed E-state index contributed by atoms with van der Waals surface area (Å²) in [5.41, 5.74) is 0. The van der Waals surface area contributed by atoms with Gasteiger partial charge >= 0.3 is 0 Å². The molecule has 10 heavy (non-hydrogen) atoms. The smallest absolute Gasteiger partial charge is 0.0589 e. The van der Waals surface area contributed by atoms with Crippen molar-refractivity contribution in [1.29, 1.82) is 0 Å². The summed E-state index contributed by atoms with van der Waals surface area (Å²) in [6.45, 7) is 4.49. The molecule has 1 aliphatic rings. The van der Waals surface area contributed by atoms with E-state index in [2.05, 4.69) is 11.2 Å². The van der Waals surface area contributed by atoms with Crippen molar-refractivity contribution in [2.45, 2.75) is 5.25 Å². The van der Waals surface area contributed by atoms with Crippen molar-refractivity contribution in [1.82, 2.24) is 4.90 Å². The van der Waals surface area contributed by atoms with Gasteiger partial charge in [-0.3, -0.25) is 4.90 Å². The van der Waals surface area contributed by atoms with Gasteiger partial charge < -0.3 is 4.74 Å². The zero-order valence-corrected chi connectivity index (χ0v) is 7.49. The van der Waals surface area contributed by atoms with Crippen molar-refractivity contribution >= 4 is 11.8 Å². The fourth-order valence-corrected chi connectivity index (χ4v) is 1.79. The van der Waals surface area contributed by atoms with Crippen LogP contribution in [0.3, 0.4) is 0 Å². The molecule has 1 fully saturated rings. The van der Waals surface area contributed by atoms with Crippen LogP contribution in [-0.2, 0) is 4.74 Å². The number of hydrogen-bond acceptors (Lipinski definition) is 3. The predicted molar refractivity (Wildman–Crippen MR) is 45.6 cm³/mol. The largest absolute Gasteiger partial charge is 0.383 e. The van der Waals surface area contributed by atoms with Gasteiger partial charge in [-0.2, -0.15) is 11.8 Å². The quantitative estimate of drug-likeness (QED) is 0.601. The van der Waals surface area contributed by atoms with Gasteiger partial charge in [0.2, 0.25) is 0 Å². The molecular formula is C7H15NOS. The molecule has 3 heteroatoms. The molecule has 1 saturated heterocycles. The van der Waals surface area contributed by atoms with Crippen LogP contribution < -0.4 is 0 Å². The van der Waals surface area contributed by atoms with Crippen molar-refractivity contribution in [3.8, 4) is 0 Å². The van der Waals surface area contributed by atoms with E-state index in [4.69, 9.17) is 4.74 Å². The summed E-state index contributed by atoms with van der Waals surface area (Å²) >= 11 is 1.97. The van der Waals surface area contributed by atoms with Gasteiger partial charge in [-0.15, -0.1) is 0 Å². The number of thioether (sulfide) groups is 1. The monoisotopic (exact) mass is 161 g/mol. The molecule has 0 aromatic rings. The number of nitrogens with zero attached hydrogens (tertiary/aromatic N) is 1. The summed E-state index contributed by atoms with van der Waals surface area (Å²) in [6, 6.07) is 0. The lowest BCUT2D eigenvalue weighted by atomic mass is 10.2. The average Bonchev–Trinajstić information content (AvgIpc) is 1.86. The van der Waals surface area contributed by atoms with Crippen LogP contribution in [0.25, 0.3) is 0 Å². The Bertz CT molecular complexity index is 90.9. The molecule has 60 valence electrons. The van der Waals surface area contributed by atoms with E-state index in [1.54, 1.807) is 7.11 Å². The van der Waals surface area contributed by atoms with E-state index in [9.17, 15) is 0 Å². The van der Waals surface area contributed by atoms with Gasteiger partial charge in [0, 0.05) is 32.0 Å². The van der Waals surface area contributed by atoms with Crippen LogP contribution in [0.2, 0.25) is 0 Å². The second kappa shape index (κ2) is 4.21. The Labute approximate surface area is 66.9 Å². The SMILES string of the molecule is COCCN1CC(SC)C1. The van der Waals surface area contributed by atoms with Gasteiger partial charge in [0.15, 0.2) is 0 Å². The summed E-state index contributed by atoms with van der Waals surface area (Å²) < 4.78 is 4.97. The highest BCUT2D eigenvalue weighted by atomic mass is 32.2. The molecule has 0 spiro atoms. The van der Waals surface area contributed by atoms with Crippen LogP contribution >= 0.6 is 11.8 Å². The Morgan fingerprint density at radius 1 is 1.60 bits per heavy atom. The van der Waals surface area contributed by atoms with Crippen molar-refractivity contribution in [3.63, 3.8) is 0 Å². The second-order valence-corrected chi connectivity index (χ2v) is 3.75. The van der Waals surface area contributed by atoms with Crippen molar-refractivity contribution in [2.75, 3.05) is 39.6 Å². The number of hydrogen-bond donors (Lipinski definition) is 0. The van der Waals surface area contributed by atoms with Gasteiger partial charge in [0.25, 0.3) is 0 Å². The molecule has 0 bridgehead atoms. The topological polar surface area (TPSA) is 12.5 Å². The predicted octanol–water partition coefficient (Wildman–Crippen LogP) is 0.680. The highest BCUT2D eigenvalue weighted by Gasteiger charge is 2.24. The van der Waals surface area contributed by atoms with E-state index in [1.165, 1.54) is 13.1 Å². The fourth-order valence-electron chi connectivity index (χ4n) is 1.07. The summed E-state index contributed by atoms with van der Waals surface area (Å²) in [4.78, 5) is 2.42. The fraction of sp³-hybridized carbons (Fsp3) is 1.00. The third-order valence-electron chi connectivity index (χ3n) is 1.87. The first-order valence-electron chi connectivity index (χ1n) is 3.61. The van der Waals surface area contributed by atoms with E-state index in [0.717, 1.165) is 18.4 Å². The van der Waals surface area contributed by atoms with Crippen molar-refractivity contribution in [3.05, 3.63) is 0 Å². The highest BCUT2D eigenvalue weighted by molar-refractivity contribution is 7.99. The minimum atomic E-state index is 0.876. The van der Waals surface area contributed by atoms with Gasteiger partial charge in [0.1, 0.15) is 0 Å². The first-order valence-corrected chi connectivity index (χ1v) is 4.89. The lowest BCUT2D eigenvalue weighted by Gasteiger charge is -2.37. The van der Waals surface area contributed by atoms with Crippen LogP contribution in [0.4, 0.5) is 0 Å². The Hall–Kier alpha value is 0.270. The zero-order valence-electron chi connectivity index (χ0n) is 6.67. The molecule has 0 unspecified atom stereocenters. The van der Waals surface area contributed by atoms with E-state index in [0.29, 0.717) is 0 Å². The molecule has 0 aliphatic carbocycles. The van der Waals surface area contributed by atoms with E-state index < -0.39 is 0 Å². The summed E-state index contributed by atoms with van der Waals surface area (Å²) in [6.07, 6.45) is 2.18. The number of methoxy groups -OCH3 is 1. The molecule has 0 radical (unpaired) electrons. The van der Waals surface area contributed by atoms with Crippen LogP contribution in [0.5, 0.6) is 0 Å². The number of rotatable bonds is 4. The van der Waals surface area contributed by atoms with E-state index in [-0.39, 0.29) is 0 Å². The van der Waals surface area contributed by atoms with Crippen LogP contribution in [-0.4, -0.2) is 49.8 Å². The van der Waals surface area contributed by atoms with Gasteiger partial charge in [-0.25, -0.2) is 0 Å². The van der Waals surface area contributed by atoms with Gasteiger partial charge in [0.05, 0.1) is 6.61 Å². The molecule has 0 amide bonds. The highest BCUT2D eigenvalue weighted by Crippen LogP contribution is 2.18. The van der Waals surface area contributed by atoms with Crippen LogP contribution in [0.15, 0.2) is 0 Å². The molecule has 0 aromatic carbocycles. The summed E-state index contributed by atoms with van der Waals surface area (Å²) in [7, 11) is 1.76. The van der Waals surface area contributed by atoms with Crippen LogP contribution in [0, 0.1) is 0 Å². The zero-order chi connectivity index (χ0) is 7.40. The van der Waals surface area contributed by atoms with Gasteiger partial charge in [-0.05, 0) is 6.26 Å². The standard InChI is InChI=1S/C7H15NOS/c1-9-4-3-8-5-7(6-8)10-2/h7H,3-6H2,1-2H3. The normalized spacial score (nSPS) is 21.0. The van der Waals surface area contributed by atoms with Crippen LogP contribution in [0.1, 0.15) is 0 Å². The number of likely N-dealkylation sites (tertiary alicyclic amines) is 1. The summed E-state index contributed by atoms with van der Waals surface area (Å²) in [5, 5.41) is 0.886. The lowest BCUT2D eigenvalue weighted by Crippen LogP contribution is -2.49. The Kier molecular flexibility index (Phi) is 3.52. The maximum Gasteiger partial charge on any atom is 0.0589 e. The lowest BCUT2D eigenvalue weighted by molar-refractivity contribution is 0.116. The molecule has 0 aromatic heterocycles. The van der Waals surface area contributed by atoms with Crippen molar-refractivity contribution < 1.29 is 4.74 Å². The van der Waals surface area contributed by atoms with Gasteiger partial charge in [-0.1, -0.05) is 0 Å². The maximum atomic E-state index is 4.97. The van der Waals surface area contributed by atoms with E-state index >= 15 is 0 Å². The first-order chi connectivity index (χ1) is 4.86. The average molecular weight is 161 g/mol. The summed E-state index contributed by atoms with van der Waals surface area (Å²) in [5.74, 6) is 0. The third kappa shape index (κ3) is 2.15. The molecule has 0 saturated carbocycles. The molecule has 1 rings (SSSR count). The molecule has 1 aliphatic heterocycles. The molecule has 0 atom stereocenters. The van der Waals surface area contributed by atoms with Crippen molar-refractivity contribution in [2.24, 2.45) is 0 Å². The Morgan fingerprint density at radius 3 is 2.80 bits per heavy atom. The number of ether oxygens (including phenoxy) is 1. The second-order valence-electron chi connectivity index (χ2n) is 2.61. The molecule has 2 nitrogen and oxygen atoms in total. The maximum absolute atomic E-state index is 4.97. The minimum Gasteiger partial charge on any atom is -0.383 e. The third-order valence-corrected chi connectivity index (χ3v) is 2.83. The Balaban J connectivity index is 1.93. The molecule has 0 N–H and O–H groups in total. The minimum absolute atomic E-state index is 0.876.